The summed E-state index contributed by atoms with van der Waals surface area (Å²) < 4.78 is 75.9. The van der Waals surface area contributed by atoms with Crippen molar-refractivity contribution < 1.29 is 26.3 Å². The number of hydrogen-bond acceptors (Lipinski definition) is 2. The highest BCUT2D eigenvalue weighted by atomic mass is 79.9. The van der Waals surface area contributed by atoms with Gasteiger partial charge in [-0.25, -0.2) is 0 Å². The fourth-order valence-electron chi connectivity index (χ4n) is 1.54. The highest BCUT2D eigenvalue weighted by molar-refractivity contribution is 9.10. The fraction of sp³-hybridized carbons (Fsp3) is 0.556. The molecule has 0 spiro atoms. The Bertz CT molecular complexity index is 384. The van der Waals surface area contributed by atoms with Crippen LogP contribution in [-0.4, -0.2) is 19.4 Å². The van der Waals surface area contributed by atoms with Crippen LogP contribution in [0, 0.1) is 5.92 Å². The zero-order valence-electron chi connectivity index (χ0n) is 8.86. The van der Waals surface area contributed by atoms with Crippen molar-refractivity contribution >= 4 is 27.3 Å². The molecule has 0 aliphatic carbocycles. The number of hydrogen-bond donors (Lipinski definition) is 1. The predicted molar refractivity (Wildman–Crippen MR) is 59.4 cm³/mol. The van der Waals surface area contributed by atoms with Crippen LogP contribution < -0.4 is 5.32 Å². The van der Waals surface area contributed by atoms with Crippen molar-refractivity contribution in [3.8, 4) is 0 Å². The monoisotopic (exact) mass is 355 g/mol. The molecular formula is C9H8BrF6NS. The van der Waals surface area contributed by atoms with Crippen LogP contribution in [0.4, 0.5) is 26.3 Å². The molecule has 1 aromatic heterocycles. The molecule has 0 aromatic carbocycles. The van der Waals surface area contributed by atoms with Crippen LogP contribution in [-0.2, 0) is 0 Å². The first-order valence-corrected chi connectivity index (χ1v) is 6.30. The van der Waals surface area contributed by atoms with Gasteiger partial charge in [0.25, 0.3) is 0 Å². The summed E-state index contributed by atoms with van der Waals surface area (Å²) in [6.07, 6.45) is -10.7. The topological polar surface area (TPSA) is 12.0 Å². The van der Waals surface area contributed by atoms with Gasteiger partial charge in [0.05, 0.1) is 6.04 Å². The van der Waals surface area contributed by atoms with Crippen LogP contribution in [0.1, 0.15) is 10.9 Å². The second-order valence-corrected chi connectivity index (χ2v) is 5.26. The minimum atomic E-state index is -5.37. The highest BCUT2D eigenvalue weighted by Gasteiger charge is 2.60. The lowest BCUT2D eigenvalue weighted by Gasteiger charge is -2.30. The number of halogens is 7. The molecule has 1 unspecified atom stereocenters. The summed E-state index contributed by atoms with van der Waals surface area (Å²) in [6.45, 7) is 0. The zero-order chi connectivity index (χ0) is 14.1. The summed E-state index contributed by atoms with van der Waals surface area (Å²) in [5.74, 6) is -3.44. The molecule has 1 atom stereocenters. The van der Waals surface area contributed by atoms with Crippen LogP contribution in [0.15, 0.2) is 15.9 Å². The first kappa shape index (κ1) is 15.8. The number of rotatable bonds is 3. The summed E-state index contributed by atoms with van der Waals surface area (Å²) in [6, 6.07) is -0.451. The van der Waals surface area contributed by atoms with E-state index in [-0.39, 0.29) is 9.35 Å². The summed E-state index contributed by atoms with van der Waals surface area (Å²) in [5, 5.41) is 3.52. The van der Waals surface area contributed by atoms with Gasteiger partial charge >= 0.3 is 12.4 Å². The molecule has 18 heavy (non-hydrogen) atoms. The van der Waals surface area contributed by atoms with E-state index in [9.17, 15) is 26.3 Å². The summed E-state index contributed by atoms with van der Waals surface area (Å²) in [5.41, 5.74) is 0. The molecule has 0 aliphatic heterocycles. The van der Waals surface area contributed by atoms with Gasteiger partial charge in [0.1, 0.15) is 0 Å². The van der Waals surface area contributed by atoms with Gasteiger partial charge in [-0.2, -0.15) is 26.3 Å². The zero-order valence-corrected chi connectivity index (χ0v) is 11.3. The minimum Gasteiger partial charge on any atom is -0.311 e. The Labute approximate surface area is 111 Å². The van der Waals surface area contributed by atoms with Crippen LogP contribution >= 0.6 is 27.3 Å². The molecule has 1 rings (SSSR count). The Hall–Kier alpha value is -0.280. The first-order chi connectivity index (χ1) is 8.09. The molecule has 0 saturated carbocycles. The fourth-order valence-corrected chi connectivity index (χ4v) is 3.31. The normalized spacial score (nSPS) is 15.2. The van der Waals surface area contributed by atoms with Crippen molar-refractivity contribution in [2.24, 2.45) is 5.92 Å². The van der Waals surface area contributed by atoms with E-state index in [4.69, 9.17) is 0 Å². The number of nitrogens with one attached hydrogen (secondary N) is 1. The summed E-state index contributed by atoms with van der Waals surface area (Å²) in [4.78, 5) is -0.0304. The van der Waals surface area contributed by atoms with E-state index in [0.29, 0.717) is 0 Å². The molecule has 0 amide bonds. The predicted octanol–water partition coefficient (Wildman–Crippen LogP) is 4.51. The Morgan fingerprint density at radius 2 is 1.67 bits per heavy atom. The van der Waals surface area contributed by atoms with Crippen LogP contribution in [0.2, 0.25) is 0 Å². The van der Waals surface area contributed by atoms with Gasteiger partial charge in [-0.05, 0) is 34.4 Å². The van der Waals surface area contributed by atoms with E-state index in [1.54, 1.807) is 0 Å². The minimum absolute atomic E-state index is 0.0304. The average molecular weight is 356 g/mol. The molecule has 104 valence electrons. The van der Waals surface area contributed by atoms with Crippen LogP contribution in [0.5, 0.6) is 0 Å². The number of alkyl halides is 6. The van der Waals surface area contributed by atoms with E-state index in [1.165, 1.54) is 11.4 Å². The maximum atomic E-state index is 12.6. The third-order valence-electron chi connectivity index (χ3n) is 2.28. The van der Waals surface area contributed by atoms with Gasteiger partial charge in [-0.15, -0.1) is 11.3 Å². The van der Waals surface area contributed by atoms with Gasteiger partial charge in [-0.3, -0.25) is 0 Å². The Morgan fingerprint density at radius 1 is 1.17 bits per heavy atom. The smallest absolute Gasteiger partial charge is 0.311 e. The maximum Gasteiger partial charge on any atom is 0.402 e. The van der Waals surface area contributed by atoms with Crippen LogP contribution in [0.25, 0.3) is 0 Å². The molecule has 9 heteroatoms. The summed E-state index contributed by atoms with van der Waals surface area (Å²) in [7, 11) is 1.07. The molecule has 1 heterocycles. The Morgan fingerprint density at radius 3 is 1.94 bits per heavy atom. The van der Waals surface area contributed by atoms with Gasteiger partial charge in [0.2, 0.25) is 0 Å². The van der Waals surface area contributed by atoms with Crippen molar-refractivity contribution in [2.75, 3.05) is 7.05 Å². The molecule has 0 bridgehead atoms. The maximum absolute atomic E-state index is 12.6. The molecule has 0 aliphatic rings. The third kappa shape index (κ3) is 3.39. The first-order valence-electron chi connectivity index (χ1n) is 4.62. The lowest BCUT2D eigenvalue weighted by Crippen LogP contribution is -2.44. The molecule has 0 radical (unpaired) electrons. The van der Waals surface area contributed by atoms with Crippen molar-refractivity contribution in [1.82, 2.24) is 5.32 Å². The summed E-state index contributed by atoms with van der Waals surface area (Å²) >= 11 is 3.78. The van der Waals surface area contributed by atoms with Gasteiger partial charge in [0.15, 0.2) is 5.92 Å². The quantitative estimate of drug-likeness (QED) is 0.786. The Kier molecular flexibility index (Phi) is 4.71. The van der Waals surface area contributed by atoms with Gasteiger partial charge in [-0.1, -0.05) is 0 Å². The van der Waals surface area contributed by atoms with Crippen LogP contribution in [0.3, 0.4) is 0 Å². The lowest BCUT2D eigenvalue weighted by atomic mass is 9.97. The van der Waals surface area contributed by atoms with E-state index >= 15 is 0 Å². The van der Waals surface area contributed by atoms with Crippen molar-refractivity contribution in [3.63, 3.8) is 0 Å². The van der Waals surface area contributed by atoms with Gasteiger partial charge < -0.3 is 5.32 Å². The number of thiophene rings is 1. The van der Waals surface area contributed by atoms with Crippen molar-refractivity contribution in [3.05, 3.63) is 20.8 Å². The average Bonchev–Trinajstić information content (AvgIpc) is 2.56. The molecule has 1 aromatic rings. The molecule has 0 saturated heterocycles. The largest absolute Gasteiger partial charge is 0.402 e. The van der Waals surface area contributed by atoms with Gasteiger partial charge in [0, 0.05) is 9.35 Å². The molecule has 0 fully saturated rings. The molecular weight excluding hydrogens is 348 g/mol. The highest BCUT2D eigenvalue weighted by Crippen LogP contribution is 2.48. The second kappa shape index (κ2) is 5.38. The van der Waals surface area contributed by atoms with Crippen molar-refractivity contribution in [2.45, 2.75) is 18.4 Å². The third-order valence-corrected chi connectivity index (χ3v) is 4.23. The van der Waals surface area contributed by atoms with E-state index in [1.807, 2.05) is 0 Å². The molecule has 1 nitrogen and oxygen atoms in total. The second-order valence-electron chi connectivity index (χ2n) is 3.46. The SMILES string of the molecule is CNC(c1sccc1Br)C(C(F)(F)F)C(F)(F)F. The van der Waals surface area contributed by atoms with E-state index in [0.717, 1.165) is 18.4 Å². The Balaban J connectivity index is 3.23. The lowest BCUT2D eigenvalue weighted by molar-refractivity contribution is -0.292. The molecule has 1 N–H and O–H groups in total. The van der Waals surface area contributed by atoms with Crippen molar-refractivity contribution in [1.29, 1.82) is 0 Å². The van der Waals surface area contributed by atoms with E-state index in [2.05, 4.69) is 21.2 Å². The standard InChI is InChI=1S/C9H8BrF6NS/c1-17-5(6-4(10)2-3-18-6)7(8(11,12)13)9(14,15)16/h2-3,5,7,17H,1H3. The van der Waals surface area contributed by atoms with E-state index < -0.39 is 24.3 Å².